The maximum Gasteiger partial charge on any atom is 0.471 e. The number of anilines is 1. The Balaban J connectivity index is 2.06. The Morgan fingerprint density at radius 2 is 1.96 bits per heavy atom. The first-order chi connectivity index (χ1) is 10.7. The van der Waals surface area contributed by atoms with Gasteiger partial charge in [0.15, 0.2) is 5.83 Å². The Kier molecular flexibility index (Phi) is 4.72. The standard InChI is InChI=1S/C15H14F4N2O2/c1-9(16)13(22)21-8-10(11-4-2-3-5-12(11)21)6-7-20-14(23)15(17,18)19/h2-5,10H,1,6-8H2,(H,20,23). The van der Waals surface area contributed by atoms with Gasteiger partial charge >= 0.3 is 12.1 Å². The van der Waals surface area contributed by atoms with Gasteiger partial charge in [-0.15, -0.1) is 0 Å². The molecular formula is C15H14F4N2O2. The number of fused-ring (bicyclic) bond motifs is 1. The van der Waals surface area contributed by atoms with Crippen LogP contribution in [-0.2, 0) is 9.59 Å². The Morgan fingerprint density at radius 1 is 1.30 bits per heavy atom. The second-order valence-corrected chi connectivity index (χ2v) is 5.12. The van der Waals surface area contributed by atoms with E-state index in [1.807, 2.05) is 0 Å². The molecule has 1 atom stereocenters. The van der Waals surface area contributed by atoms with E-state index >= 15 is 0 Å². The van der Waals surface area contributed by atoms with Crippen LogP contribution in [-0.4, -0.2) is 31.1 Å². The lowest BCUT2D eigenvalue weighted by Gasteiger charge is -2.16. The second kappa shape index (κ2) is 6.39. The van der Waals surface area contributed by atoms with Crippen molar-refractivity contribution in [3.05, 3.63) is 42.2 Å². The smallest absolute Gasteiger partial charge is 0.348 e. The van der Waals surface area contributed by atoms with Gasteiger partial charge in [-0.25, -0.2) is 4.39 Å². The minimum absolute atomic E-state index is 0.128. The van der Waals surface area contributed by atoms with Crippen molar-refractivity contribution in [3.63, 3.8) is 0 Å². The van der Waals surface area contributed by atoms with Gasteiger partial charge in [-0.3, -0.25) is 9.59 Å². The Hall–Kier alpha value is -2.38. The number of hydrogen-bond donors (Lipinski definition) is 1. The number of benzene rings is 1. The maximum atomic E-state index is 13.1. The van der Waals surface area contributed by atoms with E-state index in [0.717, 1.165) is 5.56 Å². The van der Waals surface area contributed by atoms with Crippen LogP contribution in [0.25, 0.3) is 0 Å². The number of nitrogens with one attached hydrogen (secondary N) is 1. The molecule has 1 N–H and O–H groups in total. The van der Waals surface area contributed by atoms with Crippen LogP contribution in [0.5, 0.6) is 0 Å². The number of halogens is 4. The van der Waals surface area contributed by atoms with Gasteiger partial charge in [0.2, 0.25) is 0 Å². The summed E-state index contributed by atoms with van der Waals surface area (Å²) in [5.41, 5.74) is 1.23. The molecule has 1 aromatic carbocycles. The second-order valence-electron chi connectivity index (χ2n) is 5.12. The fourth-order valence-corrected chi connectivity index (χ4v) is 2.54. The summed E-state index contributed by atoms with van der Waals surface area (Å²) >= 11 is 0. The predicted molar refractivity (Wildman–Crippen MR) is 75.5 cm³/mol. The van der Waals surface area contributed by atoms with Gasteiger partial charge < -0.3 is 10.2 Å². The third-order valence-corrected chi connectivity index (χ3v) is 3.58. The number of nitrogens with zero attached hydrogens (tertiary/aromatic N) is 1. The molecule has 8 heteroatoms. The van der Waals surface area contributed by atoms with E-state index in [1.165, 1.54) is 4.90 Å². The van der Waals surface area contributed by atoms with Crippen LogP contribution in [0.4, 0.5) is 23.2 Å². The lowest BCUT2D eigenvalue weighted by Crippen LogP contribution is -2.38. The quantitative estimate of drug-likeness (QED) is 0.682. The fourth-order valence-electron chi connectivity index (χ4n) is 2.54. The van der Waals surface area contributed by atoms with Crippen molar-refractivity contribution in [2.24, 2.45) is 0 Å². The van der Waals surface area contributed by atoms with Crippen molar-refractivity contribution in [1.82, 2.24) is 5.32 Å². The fraction of sp³-hybridized carbons (Fsp3) is 0.333. The molecule has 2 amide bonds. The summed E-state index contributed by atoms with van der Waals surface area (Å²) in [4.78, 5) is 23.8. The average Bonchev–Trinajstić information content (AvgIpc) is 2.84. The summed E-state index contributed by atoms with van der Waals surface area (Å²) < 4.78 is 49.5. The molecule has 0 aromatic heterocycles. The van der Waals surface area contributed by atoms with E-state index in [1.54, 1.807) is 29.6 Å². The number of alkyl halides is 3. The minimum atomic E-state index is -4.93. The molecular weight excluding hydrogens is 316 g/mol. The molecule has 0 bridgehead atoms. The van der Waals surface area contributed by atoms with Crippen molar-refractivity contribution in [2.45, 2.75) is 18.5 Å². The molecule has 1 aliphatic heterocycles. The van der Waals surface area contributed by atoms with Crippen LogP contribution < -0.4 is 10.2 Å². The minimum Gasteiger partial charge on any atom is -0.348 e. The first kappa shape index (κ1) is 17.0. The Labute approximate surface area is 129 Å². The first-order valence-electron chi connectivity index (χ1n) is 6.82. The van der Waals surface area contributed by atoms with Crippen LogP contribution >= 0.6 is 0 Å². The first-order valence-corrected chi connectivity index (χ1v) is 6.82. The summed E-state index contributed by atoms with van der Waals surface area (Å²) in [5, 5.41) is 1.79. The normalized spacial score (nSPS) is 16.9. The van der Waals surface area contributed by atoms with Crippen LogP contribution in [0.3, 0.4) is 0 Å². The van der Waals surface area contributed by atoms with Crippen molar-refractivity contribution in [3.8, 4) is 0 Å². The van der Waals surface area contributed by atoms with E-state index in [9.17, 15) is 27.2 Å². The molecule has 0 saturated heterocycles. The number of carbonyl (C=O) groups excluding carboxylic acids is 2. The number of amides is 2. The number of carbonyl (C=O) groups is 2. The van der Waals surface area contributed by atoms with Crippen LogP contribution in [0, 0.1) is 0 Å². The average molecular weight is 330 g/mol. The Morgan fingerprint density at radius 3 is 2.57 bits per heavy atom. The highest BCUT2D eigenvalue weighted by Gasteiger charge is 2.39. The molecule has 0 aliphatic carbocycles. The van der Waals surface area contributed by atoms with Crippen molar-refractivity contribution in [1.29, 1.82) is 0 Å². The number of hydrogen-bond acceptors (Lipinski definition) is 2. The summed E-state index contributed by atoms with van der Waals surface area (Å²) in [6.45, 7) is 2.90. The van der Waals surface area contributed by atoms with E-state index in [2.05, 4.69) is 6.58 Å². The summed E-state index contributed by atoms with van der Waals surface area (Å²) in [6.07, 6.45) is -4.73. The third-order valence-electron chi connectivity index (χ3n) is 3.58. The van der Waals surface area contributed by atoms with E-state index in [-0.39, 0.29) is 25.4 Å². The van der Waals surface area contributed by atoms with E-state index in [4.69, 9.17) is 0 Å². The van der Waals surface area contributed by atoms with Gasteiger partial charge in [0, 0.05) is 24.7 Å². The molecule has 1 heterocycles. The maximum absolute atomic E-state index is 13.1. The van der Waals surface area contributed by atoms with Gasteiger partial charge in [-0.1, -0.05) is 24.8 Å². The van der Waals surface area contributed by atoms with Gasteiger partial charge in [0.1, 0.15) is 0 Å². The zero-order chi connectivity index (χ0) is 17.2. The highest BCUT2D eigenvalue weighted by atomic mass is 19.4. The molecule has 0 spiro atoms. The molecule has 1 unspecified atom stereocenters. The molecule has 1 aromatic rings. The SMILES string of the molecule is C=C(F)C(=O)N1CC(CCNC(=O)C(F)(F)F)c2ccccc21. The molecule has 4 nitrogen and oxygen atoms in total. The lowest BCUT2D eigenvalue weighted by atomic mass is 9.98. The molecule has 0 saturated carbocycles. The van der Waals surface area contributed by atoms with E-state index < -0.39 is 23.8 Å². The van der Waals surface area contributed by atoms with Gasteiger partial charge in [-0.05, 0) is 18.1 Å². The van der Waals surface area contributed by atoms with Crippen LogP contribution in [0.1, 0.15) is 17.9 Å². The molecule has 2 rings (SSSR count). The highest BCUT2D eigenvalue weighted by molar-refractivity contribution is 6.05. The van der Waals surface area contributed by atoms with Gasteiger partial charge in [-0.2, -0.15) is 13.2 Å². The highest BCUT2D eigenvalue weighted by Crippen LogP contribution is 2.38. The molecule has 1 aliphatic rings. The Bertz CT molecular complexity index is 643. The number of para-hydroxylation sites is 1. The molecule has 0 radical (unpaired) electrons. The number of rotatable bonds is 4. The molecule has 23 heavy (non-hydrogen) atoms. The van der Waals surface area contributed by atoms with Crippen LogP contribution in [0.15, 0.2) is 36.7 Å². The van der Waals surface area contributed by atoms with Crippen LogP contribution in [0.2, 0.25) is 0 Å². The summed E-state index contributed by atoms with van der Waals surface area (Å²) in [7, 11) is 0. The predicted octanol–water partition coefficient (Wildman–Crippen LogP) is 2.67. The zero-order valence-electron chi connectivity index (χ0n) is 12.0. The summed E-state index contributed by atoms with van der Waals surface area (Å²) in [5.74, 6) is -4.28. The largest absolute Gasteiger partial charge is 0.471 e. The zero-order valence-corrected chi connectivity index (χ0v) is 12.0. The van der Waals surface area contributed by atoms with Gasteiger partial charge in [0.05, 0.1) is 0 Å². The third kappa shape index (κ3) is 3.69. The van der Waals surface area contributed by atoms with Crippen molar-refractivity contribution >= 4 is 17.5 Å². The molecule has 0 fully saturated rings. The lowest BCUT2D eigenvalue weighted by molar-refractivity contribution is -0.173. The molecule has 124 valence electrons. The van der Waals surface area contributed by atoms with Crippen molar-refractivity contribution < 1.29 is 27.2 Å². The monoisotopic (exact) mass is 330 g/mol. The van der Waals surface area contributed by atoms with E-state index in [0.29, 0.717) is 5.69 Å². The summed E-state index contributed by atoms with van der Waals surface area (Å²) in [6, 6.07) is 6.75. The van der Waals surface area contributed by atoms with Crippen molar-refractivity contribution in [2.75, 3.05) is 18.0 Å². The topological polar surface area (TPSA) is 49.4 Å². The van der Waals surface area contributed by atoms with Gasteiger partial charge in [0.25, 0.3) is 5.91 Å².